The summed E-state index contributed by atoms with van der Waals surface area (Å²) in [6.07, 6.45) is 6.12. The second-order valence-electron chi connectivity index (χ2n) is 10.2. The molecule has 0 spiro atoms. The molecule has 1 aliphatic heterocycles. The number of ether oxygens (including phenoxy) is 1. The Morgan fingerprint density at radius 1 is 1.11 bits per heavy atom. The van der Waals surface area contributed by atoms with E-state index in [1.807, 2.05) is 43.5 Å². The first kappa shape index (κ1) is 25.8. The number of rotatable bonds is 9. The molecular formula is C31H36N6O. The van der Waals surface area contributed by atoms with Gasteiger partial charge in [0.25, 0.3) is 0 Å². The lowest BCUT2D eigenvalue weighted by molar-refractivity contribution is 0.213. The Kier molecular flexibility index (Phi) is 7.92. The van der Waals surface area contributed by atoms with Gasteiger partial charge in [0.1, 0.15) is 18.4 Å². The van der Waals surface area contributed by atoms with Crippen LogP contribution in [-0.2, 0) is 0 Å². The van der Waals surface area contributed by atoms with E-state index in [4.69, 9.17) is 4.74 Å². The zero-order valence-corrected chi connectivity index (χ0v) is 22.5. The average Bonchev–Trinajstić information content (AvgIpc) is 3.42. The fraction of sp³-hybridized carbons (Fsp3) is 0.355. The lowest BCUT2D eigenvalue weighted by Gasteiger charge is -2.29. The molecular weight excluding hydrogens is 472 g/mol. The number of nitrogens with zero attached hydrogens (tertiary/aromatic N) is 3. The van der Waals surface area contributed by atoms with Gasteiger partial charge in [-0.05, 0) is 101 Å². The lowest BCUT2D eigenvalue weighted by Crippen LogP contribution is -2.35. The number of aromatic nitrogens is 2. The van der Waals surface area contributed by atoms with Crippen LogP contribution in [0.1, 0.15) is 29.7 Å². The van der Waals surface area contributed by atoms with Crippen molar-refractivity contribution in [3.05, 3.63) is 71.7 Å². The summed E-state index contributed by atoms with van der Waals surface area (Å²) in [6.45, 7) is 8.98. The van der Waals surface area contributed by atoms with Crippen molar-refractivity contribution in [1.82, 2.24) is 20.2 Å². The van der Waals surface area contributed by atoms with Gasteiger partial charge in [0.05, 0.1) is 11.3 Å². The molecule has 2 aromatic heterocycles. The van der Waals surface area contributed by atoms with Gasteiger partial charge in [0.15, 0.2) is 0 Å². The maximum Gasteiger partial charge on any atom is 0.119 e. The largest absolute Gasteiger partial charge is 0.492 e. The summed E-state index contributed by atoms with van der Waals surface area (Å²) in [5.74, 6) is 1.60. The Hall–Kier alpha value is -3.86. The summed E-state index contributed by atoms with van der Waals surface area (Å²) in [5.41, 5.74) is 7.23. The van der Waals surface area contributed by atoms with Gasteiger partial charge in [0, 0.05) is 46.8 Å². The summed E-state index contributed by atoms with van der Waals surface area (Å²) >= 11 is 0. The lowest BCUT2D eigenvalue weighted by atomic mass is 9.97. The van der Waals surface area contributed by atoms with Crippen LogP contribution in [-0.4, -0.2) is 54.7 Å². The highest BCUT2D eigenvalue weighted by Gasteiger charge is 2.17. The number of pyridine rings is 1. The molecule has 0 radical (unpaired) electrons. The molecule has 3 heterocycles. The molecule has 1 saturated heterocycles. The Balaban J connectivity index is 1.27. The number of aryl methyl sites for hydroxylation is 2. The number of fused-ring (bicyclic) bond motifs is 1. The molecule has 4 aromatic rings. The minimum Gasteiger partial charge on any atom is -0.492 e. The average molecular weight is 509 g/mol. The molecule has 5 rings (SSSR count). The highest BCUT2D eigenvalue weighted by Crippen LogP contribution is 2.37. The summed E-state index contributed by atoms with van der Waals surface area (Å²) in [5, 5.41) is 18.1. The highest BCUT2D eigenvalue weighted by atomic mass is 16.5. The van der Waals surface area contributed by atoms with Gasteiger partial charge in [-0.2, -0.15) is 5.26 Å². The second-order valence-corrected chi connectivity index (χ2v) is 10.2. The predicted octanol–water partition coefficient (Wildman–Crippen LogP) is 5.77. The van der Waals surface area contributed by atoms with E-state index in [0.717, 1.165) is 69.4 Å². The third kappa shape index (κ3) is 5.67. The van der Waals surface area contributed by atoms with Crippen LogP contribution in [0.15, 0.2) is 54.9 Å². The van der Waals surface area contributed by atoms with Gasteiger partial charge in [-0.1, -0.05) is 12.1 Å². The first-order valence-corrected chi connectivity index (χ1v) is 13.4. The van der Waals surface area contributed by atoms with Gasteiger partial charge in [-0.15, -0.1) is 0 Å². The molecule has 7 nitrogen and oxygen atoms in total. The predicted molar refractivity (Wildman–Crippen MR) is 154 cm³/mol. The molecule has 1 aliphatic rings. The Labute approximate surface area is 224 Å². The van der Waals surface area contributed by atoms with E-state index in [1.165, 1.54) is 25.9 Å². The van der Waals surface area contributed by atoms with Crippen LogP contribution < -0.4 is 15.4 Å². The number of nitriles is 1. The normalized spacial score (nSPS) is 14.5. The standard InChI is InChI=1S/C31H36N6O/c1-21-27-10-13-34-29(27)9-8-28(21)36-31-25(18-32)20-35-22(2)30(31)24-4-6-26(7-5-24)38-17-14-33-19-23-11-15-37(3)16-12-23/h4-10,13,20,23,33-34H,11-12,14-17,19H2,1-3H3,(H,35,36). The van der Waals surface area contributed by atoms with Crippen molar-refractivity contribution in [2.45, 2.75) is 26.7 Å². The van der Waals surface area contributed by atoms with Gasteiger partial charge < -0.3 is 25.3 Å². The number of benzene rings is 2. The third-order valence-corrected chi connectivity index (χ3v) is 7.61. The van der Waals surface area contributed by atoms with Crippen molar-refractivity contribution in [2.75, 3.05) is 45.2 Å². The number of piperidine rings is 1. The van der Waals surface area contributed by atoms with E-state index in [0.29, 0.717) is 12.2 Å². The molecule has 0 saturated carbocycles. The van der Waals surface area contributed by atoms with Crippen LogP contribution in [0.2, 0.25) is 0 Å². The number of aromatic amines is 1. The number of hydrogen-bond donors (Lipinski definition) is 3. The summed E-state index contributed by atoms with van der Waals surface area (Å²) in [4.78, 5) is 10.2. The van der Waals surface area contributed by atoms with Gasteiger partial charge in [-0.3, -0.25) is 4.98 Å². The van der Waals surface area contributed by atoms with Crippen LogP contribution in [0, 0.1) is 31.1 Å². The van der Waals surface area contributed by atoms with Crippen LogP contribution in [0.5, 0.6) is 5.75 Å². The van der Waals surface area contributed by atoms with Crippen molar-refractivity contribution in [3.63, 3.8) is 0 Å². The molecule has 7 heteroatoms. The SMILES string of the molecule is Cc1ncc(C#N)c(Nc2ccc3[nH]ccc3c2C)c1-c1ccc(OCCNCC2CCN(C)CC2)cc1. The van der Waals surface area contributed by atoms with Crippen molar-refractivity contribution in [2.24, 2.45) is 5.92 Å². The number of anilines is 2. The maximum absolute atomic E-state index is 9.88. The molecule has 38 heavy (non-hydrogen) atoms. The zero-order chi connectivity index (χ0) is 26.5. The molecule has 0 amide bonds. The molecule has 0 bridgehead atoms. The van der Waals surface area contributed by atoms with E-state index in [-0.39, 0.29) is 0 Å². The first-order valence-electron chi connectivity index (χ1n) is 13.4. The highest BCUT2D eigenvalue weighted by molar-refractivity contribution is 5.92. The van der Waals surface area contributed by atoms with Crippen LogP contribution >= 0.6 is 0 Å². The Morgan fingerprint density at radius 3 is 2.66 bits per heavy atom. The first-order chi connectivity index (χ1) is 18.5. The number of likely N-dealkylation sites (tertiary alicyclic amines) is 1. The van der Waals surface area contributed by atoms with Crippen LogP contribution in [0.4, 0.5) is 11.4 Å². The van der Waals surface area contributed by atoms with Crippen molar-refractivity contribution < 1.29 is 4.74 Å². The van der Waals surface area contributed by atoms with Crippen LogP contribution in [0.3, 0.4) is 0 Å². The van der Waals surface area contributed by atoms with Crippen LogP contribution in [0.25, 0.3) is 22.0 Å². The van der Waals surface area contributed by atoms with E-state index in [9.17, 15) is 5.26 Å². The maximum atomic E-state index is 9.88. The molecule has 196 valence electrons. The monoisotopic (exact) mass is 508 g/mol. The van der Waals surface area contributed by atoms with Gasteiger partial charge >= 0.3 is 0 Å². The van der Waals surface area contributed by atoms with E-state index in [1.54, 1.807) is 6.20 Å². The fourth-order valence-electron chi connectivity index (χ4n) is 5.26. The third-order valence-electron chi connectivity index (χ3n) is 7.61. The molecule has 1 fully saturated rings. The van der Waals surface area contributed by atoms with E-state index in [2.05, 4.69) is 57.7 Å². The van der Waals surface area contributed by atoms with Gasteiger partial charge in [0.2, 0.25) is 0 Å². The zero-order valence-electron chi connectivity index (χ0n) is 22.5. The minimum absolute atomic E-state index is 0.509. The molecule has 3 N–H and O–H groups in total. The Morgan fingerprint density at radius 2 is 1.89 bits per heavy atom. The summed E-state index contributed by atoms with van der Waals surface area (Å²) in [7, 11) is 2.20. The second kappa shape index (κ2) is 11.7. The number of hydrogen-bond acceptors (Lipinski definition) is 6. The number of H-pyrrole nitrogens is 1. The van der Waals surface area contributed by atoms with Crippen molar-refractivity contribution in [1.29, 1.82) is 5.26 Å². The quantitative estimate of drug-likeness (QED) is 0.249. The molecule has 0 unspecified atom stereocenters. The molecule has 2 aromatic carbocycles. The van der Waals surface area contributed by atoms with Crippen molar-refractivity contribution >= 4 is 22.3 Å². The van der Waals surface area contributed by atoms with Gasteiger partial charge in [-0.25, -0.2) is 0 Å². The smallest absolute Gasteiger partial charge is 0.119 e. The van der Waals surface area contributed by atoms with E-state index >= 15 is 0 Å². The topological polar surface area (TPSA) is 89.0 Å². The Bertz CT molecular complexity index is 1430. The molecule has 0 atom stereocenters. The number of nitrogens with one attached hydrogen (secondary N) is 3. The summed E-state index contributed by atoms with van der Waals surface area (Å²) in [6, 6.07) is 16.6. The fourth-order valence-corrected chi connectivity index (χ4v) is 5.26. The van der Waals surface area contributed by atoms with E-state index < -0.39 is 0 Å². The minimum atomic E-state index is 0.509. The molecule has 0 aliphatic carbocycles. The summed E-state index contributed by atoms with van der Waals surface area (Å²) < 4.78 is 6.00. The van der Waals surface area contributed by atoms with Crippen molar-refractivity contribution in [3.8, 4) is 22.9 Å².